The van der Waals surface area contributed by atoms with Gasteiger partial charge in [-0.15, -0.1) is 25.3 Å². The Kier molecular flexibility index (Phi) is 6.18. The summed E-state index contributed by atoms with van der Waals surface area (Å²) in [5.41, 5.74) is 4.65. The van der Waals surface area contributed by atoms with E-state index in [-0.39, 0.29) is 5.41 Å². The highest BCUT2D eigenvalue weighted by Gasteiger charge is 2.18. The van der Waals surface area contributed by atoms with Crippen molar-refractivity contribution in [3.05, 3.63) is 64.4 Å². The van der Waals surface area contributed by atoms with Crippen molar-refractivity contribution in [2.45, 2.75) is 56.5 Å². The Morgan fingerprint density at radius 3 is 1.96 bits per heavy atom. The van der Waals surface area contributed by atoms with Crippen molar-refractivity contribution in [2.24, 2.45) is 5.92 Å². The first-order valence-electron chi connectivity index (χ1n) is 9.55. The lowest BCUT2D eigenvalue weighted by molar-refractivity contribution is 0.589. The predicted octanol–water partition coefficient (Wildman–Crippen LogP) is 7.07. The smallest absolute Gasteiger partial charge is 0.190 e. The third-order valence-corrected chi connectivity index (χ3v) is 6.15. The molecule has 0 aliphatic rings. The Morgan fingerprint density at radius 2 is 1.43 bits per heavy atom. The minimum Gasteiger partial charge on any atom is -0.279 e. The van der Waals surface area contributed by atoms with Crippen molar-refractivity contribution in [3.63, 3.8) is 0 Å². The van der Waals surface area contributed by atoms with Crippen LogP contribution in [0.5, 0.6) is 0 Å². The fraction of sp³-hybridized carbons (Fsp3) is 0.348. The number of nitrogens with zero attached hydrogens (tertiary/aromatic N) is 2. The molecule has 0 radical (unpaired) electrons. The van der Waals surface area contributed by atoms with E-state index in [0.29, 0.717) is 10.7 Å². The molecule has 0 saturated carbocycles. The van der Waals surface area contributed by atoms with Gasteiger partial charge >= 0.3 is 0 Å². The highest BCUT2D eigenvalue weighted by molar-refractivity contribution is 7.83. The SMILES string of the molecule is CC(C)Cc1cccc(-n2c(S)c(S)n(-c3cccc(C(C)(C)C)c3)c2=S)c1. The van der Waals surface area contributed by atoms with E-state index in [1.54, 1.807) is 0 Å². The molecular formula is C23H28N2S3. The van der Waals surface area contributed by atoms with Crippen LogP contribution in [0, 0.1) is 10.7 Å². The van der Waals surface area contributed by atoms with Gasteiger partial charge in [-0.05, 0) is 65.4 Å². The van der Waals surface area contributed by atoms with Crippen LogP contribution in [0.25, 0.3) is 11.4 Å². The first-order chi connectivity index (χ1) is 13.1. The molecule has 3 aromatic rings. The first-order valence-corrected chi connectivity index (χ1v) is 10.9. The molecule has 1 aromatic heterocycles. The summed E-state index contributed by atoms with van der Waals surface area (Å²) in [6, 6.07) is 17.0. The van der Waals surface area contributed by atoms with Gasteiger partial charge in [0.15, 0.2) is 4.77 Å². The van der Waals surface area contributed by atoms with Crippen molar-refractivity contribution >= 4 is 37.5 Å². The van der Waals surface area contributed by atoms with Gasteiger partial charge in [-0.25, -0.2) is 0 Å². The number of hydrogen-bond acceptors (Lipinski definition) is 3. The average Bonchev–Trinajstić information content (AvgIpc) is 2.83. The second-order valence-electron chi connectivity index (χ2n) is 8.67. The maximum absolute atomic E-state index is 5.86. The molecule has 0 aliphatic carbocycles. The number of imidazole rings is 1. The van der Waals surface area contributed by atoms with E-state index in [4.69, 9.17) is 37.5 Å². The zero-order valence-corrected chi connectivity index (χ0v) is 19.7. The van der Waals surface area contributed by atoms with E-state index in [9.17, 15) is 0 Å². The topological polar surface area (TPSA) is 9.86 Å². The Balaban J connectivity index is 2.15. The van der Waals surface area contributed by atoms with Crippen LogP contribution in [-0.2, 0) is 11.8 Å². The van der Waals surface area contributed by atoms with Crippen LogP contribution in [0.15, 0.2) is 58.6 Å². The second kappa shape index (κ2) is 8.13. The summed E-state index contributed by atoms with van der Waals surface area (Å²) >= 11 is 15.4. The van der Waals surface area contributed by atoms with Crippen LogP contribution in [0.2, 0.25) is 0 Å². The number of hydrogen-bond donors (Lipinski definition) is 2. The van der Waals surface area contributed by atoms with Crippen molar-refractivity contribution < 1.29 is 0 Å². The van der Waals surface area contributed by atoms with Crippen molar-refractivity contribution in [3.8, 4) is 11.4 Å². The van der Waals surface area contributed by atoms with Gasteiger partial charge in [-0.2, -0.15) is 0 Å². The van der Waals surface area contributed by atoms with Gasteiger partial charge in [0.05, 0.1) is 0 Å². The summed E-state index contributed by atoms with van der Waals surface area (Å²) < 4.78 is 4.65. The Bertz CT molecular complexity index is 1050. The van der Waals surface area contributed by atoms with Crippen LogP contribution >= 0.6 is 37.5 Å². The lowest BCUT2D eigenvalue weighted by Gasteiger charge is -2.20. The Hall–Kier alpha value is -1.43. The Morgan fingerprint density at radius 1 is 0.893 bits per heavy atom. The highest BCUT2D eigenvalue weighted by Crippen LogP contribution is 2.31. The molecular weight excluding hydrogens is 400 g/mol. The van der Waals surface area contributed by atoms with Gasteiger partial charge in [0, 0.05) is 11.4 Å². The fourth-order valence-electron chi connectivity index (χ4n) is 3.35. The summed E-state index contributed by atoms with van der Waals surface area (Å²) in [6.07, 6.45) is 1.03. The van der Waals surface area contributed by atoms with Crippen LogP contribution in [-0.4, -0.2) is 9.13 Å². The molecule has 5 heteroatoms. The van der Waals surface area contributed by atoms with E-state index in [2.05, 4.69) is 83.1 Å². The van der Waals surface area contributed by atoms with Gasteiger partial charge < -0.3 is 0 Å². The molecule has 0 aliphatic heterocycles. The minimum atomic E-state index is 0.0620. The molecule has 3 rings (SSSR count). The molecule has 0 unspecified atom stereocenters. The second-order valence-corrected chi connectivity index (χ2v) is 9.88. The van der Waals surface area contributed by atoms with E-state index in [0.717, 1.165) is 27.8 Å². The molecule has 148 valence electrons. The van der Waals surface area contributed by atoms with Gasteiger partial charge in [-0.1, -0.05) is 58.9 Å². The van der Waals surface area contributed by atoms with Gasteiger partial charge in [0.1, 0.15) is 10.1 Å². The maximum Gasteiger partial charge on any atom is 0.190 e. The molecule has 1 heterocycles. The maximum atomic E-state index is 5.86. The van der Waals surface area contributed by atoms with Gasteiger partial charge in [-0.3, -0.25) is 9.13 Å². The monoisotopic (exact) mass is 428 g/mol. The third-order valence-electron chi connectivity index (χ3n) is 4.79. The summed E-state index contributed by atoms with van der Waals surface area (Å²) in [5.74, 6) is 0.601. The van der Waals surface area contributed by atoms with Crippen LogP contribution in [0.1, 0.15) is 45.7 Å². The lowest BCUT2D eigenvalue weighted by atomic mass is 9.87. The van der Waals surface area contributed by atoms with Crippen molar-refractivity contribution in [1.29, 1.82) is 0 Å². The number of benzene rings is 2. The Labute approximate surface area is 184 Å². The molecule has 0 saturated heterocycles. The lowest BCUT2D eigenvalue weighted by Crippen LogP contribution is -2.11. The quantitative estimate of drug-likeness (QED) is 0.334. The minimum absolute atomic E-state index is 0.0620. The van der Waals surface area contributed by atoms with E-state index >= 15 is 0 Å². The summed E-state index contributed by atoms with van der Waals surface area (Å²) in [5, 5.41) is 1.49. The average molecular weight is 429 g/mol. The molecule has 2 nitrogen and oxygen atoms in total. The van der Waals surface area contributed by atoms with Crippen LogP contribution in [0.4, 0.5) is 0 Å². The number of thiol groups is 2. The molecule has 0 atom stereocenters. The van der Waals surface area contributed by atoms with E-state index in [1.165, 1.54) is 11.1 Å². The van der Waals surface area contributed by atoms with Crippen LogP contribution < -0.4 is 0 Å². The summed E-state index contributed by atoms with van der Waals surface area (Å²) in [7, 11) is 0. The summed E-state index contributed by atoms with van der Waals surface area (Å²) in [4.78, 5) is 0. The molecule has 0 bridgehead atoms. The molecule has 0 spiro atoms. The number of rotatable bonds is 4. The molecule has 0 fully saturated rings. The van der Waals surface area contributed by atoms with E-state index in [1.807, 2.05) is 9.13 Å². The van der Waals surface area contributed by atoms with Crippen molar-refractivity contribution in [1.82, 2.24) is 9.13 Å². The zero-order valence-electron chi connectivity index (χ0n) is 17.1. The molecule has 0 amide bonds. The summed E-state index contributed by atoms with van der Waals surface area (Å²) in [6.45, 7) is 11.1. The standard InChI is InChI=1S/C23H28N2S3/c1-15(2)12-16-8-6-10-18(13-16)24-20(26)21(27)25(22(24)28)19-11-7-9-17(14-19)23(3,4)5/h6-11,13-15,26-27H,12H2,1-5H3. The fourth-order valence-corrected chi connectivity index (χ4v) is 4.50. The third kappa shape index (κ3) is 4.27. The molecule has 0 N–H and O–H groups in total. The largest absolute Gasteiger partial charge is 0.279 e. The van der Waals surface area contributed by atoms with Gasteiger partial charge in [0.2, 0.25) is 0 Å². The first kappa shape index (κ1) is 21.3. The van der Waals surface area contributed by atoms with Crippen molar-refractivity contribution in [2.75, 3.05) is 0 Å². The van der Waals surface area contributed by atoms with Gasteiger partial charge in [0.25, 0.3) is 0 Å². The predicted molar refractivity (Wildman–Crippen MR) is 128 cm³/mol. The highest BCUT2D eigenvalue weighted by atomic mass is 32.1. The number of aromatic nitrogens is 2. The van der Waals surface area contributed by atoms with Crippen LogP contribution in [0.3, 0.4) is 0 Å². The normalized spacial score (nSPS) is 12.0. The molecule has 28 heavy (non-hydrogen) atoms. The molecule has 2 aromatic carbocycles. The van der Waals surface area contributed by atoms with E-state index < -0.39 is 0 Å². The zero-order chi connectivity index (χ0) is 20.6.